The summed E-state index contributed by atoms with van der Waals surface area (Å²) in [6, 6.07) is -0.676. The predicted molar refractivity (Wildman–Crippen MR) is 53.6 cm³/mol. The van der Waals surface area contributed by atoms with E-state index in [9.17, 15) is 8.78 Å². The van der Waals surface area contributed by atoms with Crippen molar-refractivity contribution in [1.29, 1.82) is 0 Å². The zero-order valence-corrected chi connectivity index (χ0v) is 8.96. The maximum absolute atomic E-state index is 12.2. The Morgan fingerprint density at radius 3 is 2.38 bits per heavy atom. The minimum Gasteiger partial charge on any atom is -0.308 e. The van der Waals surface area contributed by atoms with Gasteiger partial charge in [0.1, 0.15) is 0 Å². The van der Waals surface area contributed by atoms with Gasteiger partial charge in [-0.2, -0.15) is 11.8 Å². The largest absolute Gasteiger partial charge is 0.308 e. The molecule has 1 nitrogen and oxygen atoms in total. The second kappa shape index (κ2) is 4.60. The van der Waals surface area contributed by atoms with E-state index in [2.05, 4.69) is 11.6 Å². The molecule has 0 aromatic carbocycles. The lowest BCUT2D eigenvalue weighted by Crippen LogP contribution is -2.47. The van der Waals surface area contributed by atoms with E-state index in [1.165, 1.54) is 13.3 Å². The Hall–Kier alpha value is 0.170. The van der Waals surface area contributed by atoms with E-state index < -0.39 is 12.5 Å². The quantitative estimate of drug-likeness (QED) is 0.746. The maximum atomic E-state index is 12.2. The van der Waals surface area contributed by atoms with Gasteiger partial charge < -0.3 is 5.32 Å². The Balaban J connectivity index is 2.24. The zero-order valence-electron chi connectivity index (χ0n) is 8.15. The molecule has 1 aliphatic carbocycles. The average Bonchev–Trinajstić information content (AvgIpc) is 2.02. The van der Waals surface area contributed by atoms with Crippen LogP contribution < -0.4 is 5.32 Å². The van der Waals surface area contributed by atoms with Crippen LogP contribution in [-0.2, 0) is 0 Å². The van der Waals surface area contributed by atoms with Gasteiger partial charge in [0.25, 0.3) is 6.43 Å². The predicted octanol–water partition coefficient (Wildman–Crippen LogP) is 2.52. The van der Waals surface area contributed by atoms with Gasteiger partial charge in [-0.3, -0.25) is 0 Å². The number of rotatable bonds is 5. The van der Waals surface area contributed by atoms with Gasteiger partial charge in [0.2, 0.25) is 0 Å². The van der Waals surface area contributed by atoms with Crippen molar-refractivity contribution in [1.82, 2.24) is 5.32 Å². The number of hydrogen-bond acceptors (Lipinski definition) is 2. The molecular formula is C9H17F2NS. The molecule has 0 amide bonds. The van der Waals surface area contributed by atoms with E-state index in [0.29, 0.717) is 0 Å². The van der Waals surface area contributed by atoms with Gasteiger partial charge in [-0.15, -0.1) is 0 Å². The number of nitrogens with one attached hydrogen (secondary N) is 1. The van der Waals surface area contributed by atoms with Crippen LogP contribution in [0.1, 0.15) is 26.2 Å². The standard InChI is InChI=1S/C9H17F2NS/c1-7(8(10)11)12-6-9(13-2)4-3-5-9/h7-8,12H,3-6H2,1-2H3. The van der Waals surface area contributed by atoms with Crippen molar-refractivity contribution in [3.8, 4) is 0 Å². The van der Waals surface area contributed by atoms with Gasteiger partial charge in [0, 0.05) is 11.3 Å². The average molecular weight is 209 g/mol. The van der Waals surface area contributed by atoms with Gasteiger partial charge >= 0.3 is 0 Å². The molecule has 0 radical (unpaired) electrons. The molecule has 0 heterocycles. The van der Waals surface area contributed by atoms with E-state index in [0.717, 1.165) is 19.4 Å². The summed E-state index contributed by atoms with van der Waals surface area (Å²) < 4.78 is 24.6. The summed E-state index contributed by atoms with van der Waals surface area (Å²) >= 11 is 1.81. The molecule has 0 bridgehead atoms. The fourth-order valence-electron chi connectivity index (χ4n) is 1.46. The fourth-order valence-corrected chi connectivity index (χ4v) is 2.38. The van der Waals surface area contributed by atoms with Crippen molar-refractivity contribution in [2.75, 3.05) is 12.8 Å². The van der Waals surface area contributed by atoms with Crippen molar-refractivity contribution in [2.45, 2.75) is 43.4 Å². The molecule has 1 atom stereocenters. The first-order chi connectivity index (χ1) is 6.09. The Labute approximate surface area is 82.7 Å². The first kappa shape index (κ1) is 11.2. The highest BCUT2D eigenvalue weighted by Gasteiger charge is 2.36. The van der Waals surface area contributed by atoms with Crippen molar-refractivity contribution in [2.24, 2.45) is 0 Å². The summed E-state index contributed by atoms with van der Waals surface area (Å²) in [5.74, 6) is 0. The molecule has 1 aliphatic rings. The first-order valence-electron chi connectivity index (χ1n) is 4.66. The topological polar surface area (TPSA) is 12.0 Å². The van der Waals surface area contributed by atoms with Crippen LogP contribution in [0.3, 0.4) is 0 Å². The molecule has 0 aromatic rings. The Bertz CT molecular complexity index is 154. The van der Waals surface area contributed by atoms with Crippen molar-refractivity contribution >= 4 is 11.8 Å². The summed E-state index contributed by atoms with van der Waals surface area (Å²) in [6.45, 7) is 2.26. The molecule has 0 saturated heterocycles. The Morgan fingerprint density at radius 2 is 2.08 bits per heavy atom. The van der Waals surface area contributed by atoms with Crippen LogP contribution in [-0.4, -0.2) is 30.0 Å². The highest BCUT2D eigenvalue weighted by Crippen LogP contribution is 2.42. The third-order valence-electron chi connectivity index (χ3n) is 2.82. The molecule has 1 rings (SSSR count). The Kier molecular flexibility index (Phi) is 3.98. The van der Waals surface area contributed by atoms with Gasteiger partial charge in [0.05, 0.1) is 6.04 Å². The summed E-state index contributed by atoms with van der Waals surface area (Å²) in [6.07, 6.45) is 3.38. The number of thioether (sulfide) groups is 1. The first-order valence-corrected chi connectivity index (χ1v) is 5.89. The molecule has 1 N–H and O–H groups in total. The third kappa shape index (κ3) is 2.81. The number of hydrogen-bond donors (Lipinski definition) is 1. The SMILES string of the molecule is CSC1(CNC(C)C(F)F)CCC1. The minimum absolute atomic E-state index is 0.253. The van der Waals surface area contributed by atoms with E-state index in [-0.39, 0.29) is 4.75 Å². The normalized spacial score (nSPS) is 22.8. The van der Waals surface area contributed by atoms with Crippen molar-refractivity contribution in [3.05, 3.63) is 0 Å². The lowest BCUT2D eigenvalue weighted by Gasteiger charge is -2.41. The molecule has 78 valence electrons. The highest BCUT2D eigenvalue weighted by molar-refractivity contribution is 8.00. The summed E-state index contributed by atoms with van der Waals surface area (Å²) in [5.41, 5.74) is 0. The molecule has 0 spiro atoms. The molecule has 1 saturated carbocycles. The number of alkyl halides is 2. The van der Waals surface area contributed by atoms with Gasteiger partial charge in [0.15, 0.2) is 0 Å². The van der Waals surface area contributed by atoms with E-state index >= 15 is 0 Å². The van der Waals surface area contributed by atoms with Gasteiger partial charge in [-0.1, -0.05) is 6.42 Å². The second-order valence-electron chi connectivity index (χ2n) is 3.74. The van der Waals surface area contributed by atoms with E-state index in [4.69, 9.17) is 0 Å². The van der Waals surface area contributed by atoms with Crippen molar-refractivity contribution in [3.63, 3.8) is 0 Å². The van der Waals surface area contributed by atoms with E-state index in [1.807, 2.05) is 0 Å². The van der Waals surface area contributed by atoms with Crippen LogP contribution in [0.5, 0.6) is 0 Å². The van der Waals surface area contributed by atoms with Crippen LogP contribution in [0.2, 0.25) is 0 Å². The molecule has 4 heteroatoms. The second-order valence-corrected chi connectivity index (χ2v) is 5.02. The summed E-state index contributed by atoms with van der Waals surface area (Å²) in [5, 5.41) is 2.90. The molecule has 13 heavy (non-hydrogen) atoms. The van der Waals surface area contributed by atoms with Crippen LogP contribution in [0, 0.1) is 0 Å². The monoisotopic (exact) mass is 209 g/mol. The van der Waals surface area contributed by atoms with Crippen LogP contribution in [0.4, 0.5) is 8.78 Å². The lowest BCUT2D eigenvalue weighted by molar-refractivity contribution is 0.103. The zero-order chi connectivity index (χ0) is 9.90. The van der Waals surface area contributed by atoms with Crippen molar-refractivity contribution < 1.29 is 8.78 Å². The molecular weight excluding hydrogens is 192 g/mol. The van der Waals surface area contributed by atoms with Crippen LogP contribution in [0.25, 0.3) is 0 Å². The van der Waals surface area contributed by atoms with Gasteiger partial charge in [-0.05, 0) is 26.0 Å². The molecule has 0 aromatic heterocycles. The van der Waals surface area contributed by atoms with E-state index in [1.54, 1.807) is 11.8 Å². The van der Waals surface area contributed by atoms with Gasteiger partial charge in [-0.25, -0.2) is 8.78 Å². The fraction of sp³-hybridized carbons (Fsp3) is 1.00. The smallest absolute Gasteiger partial charge is 0.253 e. The third-order valence-corrected chi connectivity index (χ3v) is 4.24. The van der Waals surface area contributed by atoms with Crippen LogP contribution >= 0.6 is 11.8 Å². The Morgan fingerprint density at radius 1 is 1.46 bits per heavy atom. The summed E-state index contributed by atoms with van der Waals surface area (Å²) in [4.78, 5) is 0. The summed E-state index contributed by atoms with van der Waals surface area (Å²) in [7, 11) is 0. The molecule has 1 fully saturated rings. The maximum Gasteiger partial charge on any atom is 0.253 e. The number of halogens is 2. The minimum atomic E-state index is -2.25. The lowest BCUT2D eigenvalue weighted by atomic mass is 9.84. The highest BCUT2D eigenvalue weighted by atomic mass is 32.2. The van der Waals surface area contributed by atoms with Crippen LogP contribution in [0.15, 0.2) is 0 Å². The molecule has 1 unspecified atom stereocenters. The molecule has 0 aliphatic heterocycles.